The van der Waals surface area contributed by atoms with E-state index in [9.17, 15) is 4.79 Å². The van der Waals surface area contributed by atoms with Crippen molar-refractivity contribution in [1.82, 2.24) is 0 Å². The molecular weight excluding hydrogens is 304 g/mol. The molecule has 0 bridgehead atoms. The van der Waals surface area contributed by atoms with Gasteiger partial charge in [0.2, 0.25) is 0 Å². The third-order valence-corrected chi connectivity index (χ3v) is 3.51. The monoisotopic (exact) mass is 338 g/mol. The number of unbranched alkanes of at least 4 members (excludes halogenated alkanes) is 5. The largest absolute Gasteiger partial charge is 0.463 e. The van der Waals surface area contributed by atoms with Crippen molar-refractivity contribution in [2.45, 2.75) is 70.8 Å². The van der Waals surface area contributed by atoms with Gasteiger partial charge in [0.05, 0.1) is 6.61 Å². The van der Waals surface area contributed by atoms with Crippen LogP contribution < -0.4 is 0 Å². The van der Waals surface area contributed by atoms with Crippen molar-refractivity contribution in [2.24, 2.45) is 0 Å². The zero-order chi connectivity index (χ0) is 17.9. The van der Waals surface area contributed by atoms with Crippen LogP contribution in [0.2, 0.25) is 0 Å². The normalized spacial score (nSPS) is 13.3. The standard InChI is InChI=1S/C20H34O4/c1-2-3-4-5-6-7-8-9-10-11-12-13-14-15-16-20(23)24-18-19(22)17-21/h2-3,5-6,8-9,19,21-22H,4,7,10-18H2,1H3. The van der Waals surface area contributed by atoms with Crippen LogP contribution in [0, 0.1) is 0 Å². The molecule has 138 valence electrons. The molecule has 4 heteroatoms. The van der Waals surface area contributed by atoms with Crippen molar-refractivity contribution in [3.05, 3.63) is 36.5 Å². The van der Waals surface area contributed by atoms with Crippen molar-refractivity contribution < 1.29 is 19.7 Å². The van der Waals surface area contributed by atoms with Crippen LogP contribution in [0.15, 0.2) is 36.5 Å². The van der Waals surface area contributed by atoms with E-state index in [4.69, 9.17) is 14.9 Å². The number of hydrogen-bond acceptors (Lipinski definition) is 4. The van der Waals surface area contributed by atoms with Gasteiger partial charge in [-0.15, -0.1) is 0 Å². The Bertz CT molecular complexity index is 372. The van der Waals surface area contributed by atoms with Gasteiger partial charge in [-0.2, -0.15) is 0 Å². The molecule has 4 nitrogen and oxygen atoms in total. The van der Waals surface area contributed by atoms with Crippen molar-refractivity contribution in [2.75, 3.05) is 13.2 Å². The summed E-state index contributed by atoms with van der Waals surface area (Å²) in [5, 5.41) is 17.7. The molecule has 0 saturated carbocycles. The van der Waals surface area contributed by atoms with Gasteiger partial charge in [0, 0.05) is 6.42 Å². The second kappa shape index (κ2) is 18.0. The minimum absolute atomic E-state index is 0.119. The summed E-state index contributed by atoms with van der Waals surface area (Å²) in [6, 6.07) is 0. The molecule has 0 aromatic rings. The molecular formula is C20H34O4. The van der Waals surface area contributed by atoms with E-state index in [0.29, 0.717) is 6.42 Å². The first-order valence-electron chi connectivity index (χ1n) is 9.06. The number of carbonyl (C=O) groups excluding carboxylic acids is 1. The van der Waals surface area contributed by atoms with Crippen LogP contribution >= 0.6 is 0 Å². The molecule has 1 unspecified atom stereocenters. The van der Waals surface area contributed by atoms with E-state index in [0.717, 1.165) is 38.5 Å². The highest BCUT2D eigenvalue weighted by Gasteiger charge is 2.07. The molecule has 0 saturated heterocycles. The van der Waals surface area contributed by atoms with Crippen molar-refractivity contribution >= 4 is 5.97 Å². The Hall–Kier alpha value is -1.39. The maximum Gasteiger partial charge on any atom is 0.305 e. The first kappa shape index (κ1) is 22.6. The number of aliphatic hydroxyl groups excluding tert-OH is 2. The van der Waals surface area contributed by atoms with Crippen LogP contribution in [0.5, 0.6) is 0 Å². The van der Waals surface area contributed by atoms with E-state index in [1.807, 2.05) is 6.92 Å². The van der Waals surface area contributed by atoms with Crippen LogP contribution in [0.3, 0.4) is 0 Å². The molecule has 0 heterocycles. The highest BCUT2D eigenvalue weighted by Crippen LogP contribution is 2.08. The van der Waals surface area contributed by atoms with Crippen molar-refractivity contribution in [1.29, 1.82) is 0 Å². The quantitative estimate of drug-likeness (QED) is 0.268. The van der Waals surface area contributed by atoms with E-state index in [2.05, 4.69) is 36.5 Å². The van der Waals surface area contributed by atoms with E-state index in [1.54, 1.807) is 0 Å². The number of ether oxygens (including phenoxy) is 1. The minimum Gasteiger partial charge on any atom is -0.463 e. The molecule has 0 aliphatic rings. The van der Waals surface area contributed by atoms with Crippen LogP contribution in [-0.2, 0) is 9.53 Å². The first-order valence-corrected chi connectivity index (χ1v) is 9.06. The molecule has 0 fully saturated rings. The zero-order valence-electron chi connectivity index (χ0n) is 15.0. The van der Waals surface area contributed by atoms with Crippen LogP contribution in [-0.4, -0.2) is 35.5 Å². The third-order valence-electron chi connectivity index (χ3n) is 3.51. The number of esters is 1. The molecule has 0 radical (unpaired) electrons. The highest BCUT2D eigenvalue weighted by atomic mass is 16.5. The Morgan fingerprint density at radius 3 is 2.29 bits per heavy atom. The SMILES string of the molecule is CC=CCC=CCC=CCCCCCCCC(=O)OCC(O)CO. The average Bonchev–Trinajstić information content (AvgIpc) is 2.59. The molecule has 0 aliphatic heterocycles. The highest BCUT2D eigenvalue weighted by molar-refractivity contribution is 5.69. The lowest BCUT2D eigenvalue weighted by Gasteiger charge is -2.08. The molecule has 0 spiro atoms. The van der Waals surface area contributed by atoms with Gasteiger partial charge in [0.1, 0.15) is 12.7 Å². The van der Waals surface area contributed by atoms with Gasteiger partial charge in [0.25, 0.3) is 0 Å². The number of rotatable bonds is 15. The number of aliphatic hydroxyl groups is 2. The Labute approximate surface area is 146 Å². The van der Waals surface area contributed by atoms with Crippen LogP contribution in [0.4, 0.5) is 0 Å². The lowest BCUT2D eigenvalue weighted by atomic mass is 10.1. The third kappa shape index (κ3) is 17.0. The number of hydrogen-bond donors (Lipinski definition) is 2. The molecule has 0 aromatic heterocycles. The molecule has 0 amide bonds. The fourth-order valence-corrected chi connectivity index (χ4v) is 2.08. The lowest BCUT2D eigenvalue weighted by Crippen LogP contribution is -2.21. The fraction of sp³-hybridized carbons (Fsp3) is 0.650. The Balaban J connectivity index is 3.33. The maximum absolute atomic E-state index is 11.3. The molecule has 24 heavy (non-hydrogen) atoms. The molecule has 0 aliphatic carbocycles. The molecule has 1 atom stereocenters. The Morgan fingerprint density at radius 1 is 0.958 bits per heavy atom. The fourth-order valence-electron chi connectivity index (χ4n) is 2.08. The van der Waals surface area contributed by atoms with Crippen LogP contribution in [0.1, 0.15) is 64.7 Å². The Kier molecular flexibility index (Phi) is 16.9. The van der Waals surface area contributed by atoms with E-state index >= 15 is 0 Å². The van der Waals surface area contributed by atoms with Gasteiger partial charge in [-0.1, -0.05) is 55.7 Å². The second-order valence-corrected chi connectivity index (χ2v) is 5.81. The maximum atomic E-state index is 11.3. The predicted molar refractivity (Wildman–Crippen MR) is 98.7 cm³/mol. The molecule has 2 N–H and O–H groups in total. The van der Waals surface area contributed by atoms with Gasteiger partial charge in [0.15, 0.2) is 0 Å². The topological polar surface area (TPSA) is 66.8 Å². The van der Waals surface area contributed by atoms with Crippen molar-refractivity contribution in [3.8, 4) is 0 Å². The smallest absolute Gasteiger partial charge is 0.305 e. The number of carbonyl (C=O) groups is 1. The molecule has 0 rings (SSSR count). The zero-order valence-corrected chi connectivity index (χ0v) is 15.0. The van der Waals surface area contributed by atoms with Gasteiger partial charge < -0.3 is 14.9 Å². The summed E-state index contributed by atoms with van der Waals surface area (Å²) in [6.45, 7) is 1.53. The Morgan fingerprint density at radius 2 is 1.58 bits per heavy atom. The van der Waals surface area contributed by atoms with Gasteiger partial charge >= 0.3 is 5.97 Å². The van der Waals surface area contributed by atoms with E-state index in [1.165, 1.54) is 12.8 Å². The minimum atomic E-state index is -0.967. The predicted octanol–water partition coefficient (Wildman–Crippen LogP) is 4.08. The van der Waals surface area contributed by atoms with Gasteiger partial charge in [-0.3, -0.25) is 4.79 Å². The van der Waals surface area contributed by atoms with E-state index < -0.39 is 6.10 Å². The van der Waals surface area contributed by atoms with Crippen LogP contribution in [0.25, 0.3) is 0 Å². The summed E-state index contributed by atoms with van der Waals surface area (Å²) in [5.74, 6) is -0.298. The van der Waals surface area contributed by atoms with Gasteiger partial charge in [-0.25, -0.2) is 0 Å². The second-order valence-electron chi connectivity index (χ2n) is 5.81. The summed E-state index contributed by atoms with van der Waals surface area (Å²) in [5.41, 5.74) is 0. The number of allylic oxidation sites excluding steroid dienone is 6. The first-order chi connectivity index (χ1) is 11.7. The van der Waals surface area contributed by atoms with Crippen molar-refractivity contribution in [3.63, 3.8) is 0 Å². The average molecular weight is 338 g/mol. The summed E-state index contributed by atoms with van der Waals surface area (Å²) in [4.78, 5) is 11.3. The summed E-state index contributed by atoms with van der Waals surface area (Å²) < 4.78 is 4.84. The van der Waals surface area contributed by atoms with E-state index in [-0.39, 0.29) is 19.2 Å². The summed E-state index contributed by atoms with van der Waals surface area (Å²) >= 11 is 0. The summed E-state index contributed by atoms with van der Waals surface area (Å²) in [6.07, 6.45) is 20.9. The summed E-state index contributed by atoms with van der Waals surface area (Å²) in [7, 11) is 0. The molecule has 0 aromatic carbocycles. The lowest BCUT2D eigenvalue weighted by molar-refractivity contribution is -0.147. The van der Waals surface area contributed by atoms with Gasteiger partial charge in [-0.05, 0) is 39.0 Å².